The van der Waals surface area contributed by atoms with Gasteiger partial charge in [-0.3, -0.25) is 0 Å². The van der Waals surface area contributed by atoms with Crippen LogP contribution in [0.15, 0.2) is 12.2 Å². The largest absolute Gasteiger partial charge is 0.328 e. The summed E-state index contributed by atoms with van der Waals surface area (Å²) in [6.45, 7) is 0. The highest BCUT2D eigenvalue weighted by Gasteiger charge is 2.20. The van der Waals surface area contributed by atoms with Crippen molar-refractivity contribution in [1.82, 2.24) is 5.32 Å². The van der Waals surface area contributed by atoms with Gasteiger partial charge in [0.1, 0.15) is 0 Å². The molecule has 0 spiro atoms. The van der Waals surface area contributed by atoms with E-state index in [1.54, 1.807) is 0 Å². The molecule has 1 saturated carbocycles. The van der Waals surface area contributed by atoms with Crippen molar-refractivity contribution >= 4 is 0 Å². The molecule has 1 fully saturated rings. The molecule has 2 aliphatic rings. The quantitative estimate of drug-likeness (QED) is 0.659. The maximum Gasteiger partial charge on any atom is 0.0107 e. The minimum absolute atomic E-state index is 0.472. The predicted octanol–water partition coefficient (Wildman–Crippen LogP) is 1.95. The first-order valence-electron chi connectivity index (χ1n) is 6.01. The summed E-state index contributed by atoms with van der Waals surface area (Å²) in [5.74, 6) is 0. The molecule has 2 aliphatic carbocycles. The number of nitrogens with one attached hydrogen (secondary N) is 1. The van der Waals surface area contributed by atoms with E-state index in [-0.39, 0.29) is 0 Å². The summed E-state index contributed by atoms with van der Waals surface area (Å²) < 4.78 is 0. The Morgan fingerprint density at radius 3 is 2.36 bits per heavy atom. The zero-order chi connectivity index (χ0) is 9.80. The van der Waals surface area contributed by atoms with Crippen LogP contribution in [0.3, 0.4) is 0 Å². The summed E-state index contributed by atoms with van der Waals surface area (Å²) in [6, 6.07) is 1.95. The van der Waals surface area contributed by atoms with E-state index in [9.17, 15) is 0 Å². The van der Waals surface area contributed by atoms with Crippen LogP contribution < -0.4 is 11.1 Å². The molecular formula is C12H22N2. The lowest BCUT2D eigenvalue weighted by atomic mass is 9.90. The summed E-state index contributed by atoms with van der Waals surface area (Å²) in [7, 11) is 0. The van der Waals surface area contributed by atoms with Crippen LogP contribution in [0, 0.1) is 0 Å². The van der Waals surface area contributed by atoms with E-state index in [0.717, 1.165) is 12.1 Å². The van der Waals surface area contributed by atoms with Crippen molar-refractivity contribution in [3.63, 3.8) is 0 Å². The van der Waals surface area contributed by atoms with Gasteiger partial charge in [0.05, 0.1) is 0 Å². The Hall–Kier alpha value is -0.340. The van der Waals surface area contributed by atoms with Crippen LogP contribution in [0.4, 0.5) is 0 Å². The highest BCUT2D eigenvalue weighted by molar-refractivity contribution is 4.94. The molecule has 3 N–H and O–H groups in total. The first-order chi connectivity index (χ1) is 6.84. The molecular weight excluding hydrogens is 172 g/mol. The SMILES string of the molecule is NC1CCC(NC2CC=CCC2)CC1. The van der Waals surface area contributed by atoms with Gasteiger partial charge in [0.2, 0.25) is 0 Å². The fourth-order valence-corrected chi connectivity index (χ4v) is 2.56. The van der Waals surface area contributed by atoms with Crippen LogP contribution >= 0.6 is 0 Å². The molecule has 2 heteroatoms. The van der Waals surface area contributed by atoms with Gasteiger partial charge < -0.3 is 11.1 Å². The van der Waals surface area contributed by atoms with Crippen LogP contribution in [0.25, 0.3) is 0 Å². The zero-order valence-electron chi connectivity index (χ0n) is 8.91. The third-order valence-corrected chi connectivity index (χ3v) is 3.51. The van der Waals surface area contributed by atoms with Gasteiger partial charge in [-0.1, -0.05) is 12.2 Å². The van der Waals surface area contributed by atoms with Crippen LogP contribution in [-0.2, 0) is 0 Å². The van der Waals surface area contributed by atoms with Gasteiger partial charge in [0.15, 0.2) is 0 Å². The lowest BCUT2D eigenvalue weighted by molar-refractivity contribution is 0.305. The summed E-state index contributed by atoms with van der Waals surface area (Å²) >= 11 is 0. The maximum atomic E-state index is 5.89. The number of nitrogens with two attached hydrogens (primary N) is 1. The second kappa shape index (κ2) is 4.94. The van der Waals surface area contributed by atoms with Crippen molar-refractivity contribution in [3.8, 4) is 0 Å². The normalized spacial score (nSPS) is 38.5. The minimum atomic E-state index is 0.472. The second-order valence-corrected chi connectivity index (χ2v) is 4.76. The summed E-state index contributed by atoms with van der Waals surface area (Å²) in [5, 5.41) is 3.77. The lowest BCUT2D eigenvalue weighted by Gasteiger charge is -2.31. The highest BCUT2D eigenvalue weighted by atomic mass is 15.0. The van der Waals surface area contributed by atoms with Gasteiger partial charge in [-0.2, -0.15) is 0 Å². The maximum absolute atomic E-state index is 5.89. The van der Waals surface area contributed by atoms with Gasteiger partial charge in [0.25, 0.3) is 0 Å². The Labute approximate surface area is 86.9 Å². The second-order valence-electron chi connectivity index (χ2n) is 4.76. The van der Waals surface area contributed by atoms with Crippen molar-refractivity contribution in [2.24, 2.45) is 5.73 Å². The van der Waals surface area contributed by atoms with E-state index in [4.69, 9.17) is 5.73 Å². The molecule has 14 heavy (non-hydrogen) atoms. The first-order valence-corrected chi connectivity index (χ1v) is 6.01. The van der Waals surface area contributed by atoms with Crippen LogP contribution in [-0.4, -0.2) is 18.1 Å². The number of hydrogen-bond acceptors (Lipinski definition) is 2. The third-order valence-electron chi connectivity index (χ3n) is 3.51. The Morgan fingerprint density at radius 1 is 0.929 bits per heavy atom. The van der Waals surface area contributed by atoms with Gasteiger partial charge >= 0.3 is 0 Å². The molecule has 1 unspecified atom stereocenters. The molecule has 80 valence electrons. The zero-order valence-corrected chi connectivity index (χ0v) is 8.91. The molecule has 1 atom stereocenters. The summed E-state index contributed by atoms with van der Waals surface area (Å²) in [5.41, 5.74) is 5.89. The van der Waals surface area contributed by atoms with E-state index in [2.05, 4.69) is 17.5 Å². The molecule has 0 aromatic heterocycles. The molecule has 0 aliphatic heterocycles. The van der Waals surface area contributed by atoms with E-state index >= 15 is 0 Å². The molecule has 0 aromatic carbocycles. The number of allylic oxidation sites excluding steroid dienone is 1. The van der Waals surface area contributed by atoms with Crippen molar-refractivity contribution < 1.29 is 0 Å². The lowest BCUT2D eigenvalue weighted by Crippen LogP contribution is -2.42. The van der Waals surface area contributed by atoms with Crippen LogP contribution in [0.5, 0.6) is 0 Å². The summed E-state index contributed by atoms with van der Waals surface area (Å²) in [4.78, 5) is 0. The molecule has 0 saturated heterocycles. The number of rotatable bonds is 2. The third kappa shape index (κ3) is 2.82. The van der Waals surface area contributed by atoms with Gasteiger partial charge in [0, 0.05) is 18.1 Å². The van der Waals surface area contributed by atoms with Crippen molar-refractivity contribution in [2.75, 3.05) is 0 Å². The van der Waals surface area contributed by atoms with Crippen LogP contribution in [0.1, 0.15) is 44.9 Å². The minimum Gasteiger partial charge on any atom is -0.328 e. The molecule has 0 amide bonds. The van der Waals surface area contributed by atoms with Crippen molar-refractivity contribution in [2.45, 2.75) is 63.1 Å². The van der Waals surface area contributed by atoms with E-state index in [0.29, 0.717) is 6.04 Å². The highest BCUT2D eigenvalue weighted by Crippen LogP contribution is 2.19. The monoisotopic (exact) mass is 194 g/mol. The standard InChI is InChI=1S/C12H22N2/c13-10-6-8-12(9-7-10)14-11-4-2-1-3-5-11/h1-2,10-12,14H,3-9,13H2. The fourth-order valence-electron chi connectivity index (χ4n) is 2.56. The van der Waals surface area contributed by atoms with Crippen molar-refractivity contribution in [1.29, 1.82) is 0 Å². The van der Waals surface area contributed by atoms with E-state index in [1.165, 1.54) is 44.9 Å². The average Bonchev–Trinajstić information content (AvgIpc) is 2.23. The Kier molecular flexibility index (Phi) is 3.60. The van der Waals surface area contributed by atoms with Crippen LogP contribution in [0.2, 0.25) is 0 Å². The fraction of sp³-hybridized carbons (Fsp3) is 0.833. The van der Waals surface area contributed by atoms with Crippen molar-refractivity contribution in [3.05, 3.63) is 12.2 Å². The molecule has 0 radical (unpaired) electrons. The molecule has 0 heterocycles. The Balaban J connectivity index is 1.72. The molecule has 2 rings (SSSR count). The van der Waals surface area contributed by atoms with Gasteiger partial charge in [-0.25, -0.2) is 0 Å². The Bertz CT molecular complexity index is 192. The average molecular weight is 194 g/mol. The summed E-state index contributed by atoms with van der Waals surface area (Å²) in [6.07, 6.45) is 13.4. The van der Waals surface area contributed by atoms with Gasteiger partial charge in [-0.05, 0) is 44.9 Å². The molecule has 0 bridgehead atoms. The molecule has 0 aromatic rings. The van der Waals surface area contributed by atoms with E-state index < -0.39 is 0 Å². The Morgan fingerprint density at radius 2 is 1.71 bits per heavy atom. The predicted molar refractivity (Wildman–Crippen MR) is 60.1 cm³/mol. The molecule has 2 nitrogen and oxygen atoms in total. The topological polar surface area (TPSA) is 38.0 Å². The van der Waals surface area contributed by atoms with Gasteiger partial charge in [-0.15, -0.1) is 0 Å². The smallest absolute Gasteiger partial charge is 0.0107 e. The van der Waals surface area contributed by atoms with E-state index in [1.807, 2.05) is 0 Å². The number of hydrogen-bond donors (Lipinski definition) is 2. The first kappa shape index (κ1) is 10.2.